The molecule has 0 aromatic heterocycles. The van der Waals surface area contributed by atoms with Crippen LogP contribution < -0.4 is 4.90 Å². The van der Waals surface area contributed by atoms with Crippen LogP contribution in [0.4, 0.5) is 5.69 Å². The molecular weight excluding hydrogens is 478 g/mol. The van der Waals surface area contributed by atoms with Crippen molar-refractivity contribution in [2.24, 2.45) is 0 Å². The zero-order chi connectivity index (χ0) is 25.5. The summed E-state index contributed by atoms with van der Waals surface area (Å²) in [7, 11) is 0. The molecule has 4 aromatic rings. The number of carbonyl (C=O) groups is 1. The van der Waals surface area contributed by atoms with E-state index in [0.717, 1.165) is 31.9 Å². The first-order chi connectivity index (χ1) is 18.2. The van der Waals surface area contributed by atoms with Crippen LogP contribution in [0.25, 0.3) is 0 Å². The molecule has 1 amide bonds. The Balaban J connectivity index is 1.28. The molecule has 0 bridgehead atoms. The lowest BCUT2D eigenvalue weighted by molar-refractivity contribution is -0.131. The molecule has 188 valence electrons. The molecule has 0 unspecified atom stereocenters. The number of piperazine rings is 1. The minimum Gasteiger partial charge on any atom is -0.358 e. The van der Waals surface area contributed by atoms with Crippen LogP contribution in [-0.4, -0.2) is 48.4 Å². The number of hydrogen-bond donors (Lipinski definition) is 0. The van der Waals surface area contributed by atoms with E-state index in [1.165, 1.54) is 16.7 Å². The zero-order valence-corrected chi connectivity index (χ0v) is 21.7. The van der Waals surface area contributed by atoms with Crippen LogP contribution in [-0.2, 0) is 11.3 Å². The van der Waals surface area contributed by atoms with Crippen LogP contribution in [0.2, 0.25) is 5.02 Å². The number of nitrogens with zero attached hydrogens (tertiary/aromatic N) is 3. The number of anilines is 1. The van der Waals surface area contributed by atoms with E-state index in [-0.39, 0.29) is 11.9 Å². The molecule has 5 heteroatoms. The lowest BCUT2D eigenvalue weighted by Gasteiger charge is -2.40. The van der Waals surface area contributed by atoms with Gasteiger partial charge in [0.1, 0.15) is 0 Å². The van der Waals surface area contributed by atoms with Crippen molar-refractivity contribution in [2.75, 3.05) is 37.6 Å². The lowest BCUT2D eigenvalue weighted by Crippen LogP contribution is -2.52. The van der Waals surface area contributed by atoms with Gasteiger partial charge in [-0.1, -0.05) is 103 Å². The summed E-state index contributed by atoms with van der Waals surface area (Å²) in [5.41, 5.74) is 4.73. The van der Waals surface area contributed by atoms with Crippen LogP contribution in [0, 0.1) is 0 Å². The fraction of sp³-hybridized carbons (Fsp3) is 0.219. The summed E-state index contributed by atoms with van der Waals surface area (Å²) in [5.74, 6) is 0.154. The highest BCUT2D eigenvalue weighted by molar-refractivity contribution is 6.30. The Hall–Kier alpha value is -3.60. The molecule has 0 N–H and O–H groups in total. The summed E-state index contributed by atoms with van der Waals surface area (Å²) in [4.78, 5) is 20.1. The monoisotopic (exact) mass is 509 g/mol. The van der Waals surface area contributed by atoms with Gasteiger partial charge in [0.15, 0.2) is 0 Å². The van der Waals surface area contributed by atoms with E-state index < -0.39 is 0 Å². The average molecular weight is 510 g/mol. The topological polar surface area (TPSA) is 26.8 Å². The molecule has 1 heterocycles. The third-order valence-corrected chi connectivity index (χ3v) is 7.25. The Bertz CT molecular complexity index is 1220. The van der Waals surface area contributed by atoms with E-state index in [2.05, 4.69) is 82.6 Å². The second-order valence-electron chi connectivity index (χ2n) is 9.46. The quantitative estimate of drug-likeness (QED) is 0.279. The molecule has 4 aromatic carbocycles. The van der Waals surface area contributed by atoms with Crippen molar-refractivity contribution < 1.29 is 4.79 Å². The van der Waals surface area contributed by atoms with Crippen molar-refractivity contribution in [2.45, 2.75) is 12.6 Å². The van der Waals surface area contributed by atoms with E-state index in [0.29, 0.717) is 18.1 Å². The van der Waals surface area contributed by atoms with Gasteiger partial charge in [0, 0.05) is 43.4 Å². The SMILES string of the molecule is O=C(CN(Cc1ccccc1)c1ccc(Cl)cc1)N1CCN(C(c2ccccc2)c2ccccc2)CC1. The fourth-order valence-electron chi connectivity index (χ4n) is 5.07. The van der Waals surface area contributed by atoms with Gasteiger partial charge in [-0.25, -0.2) is 0 Å². The summed E-state index contributed by atoms with van der Waals surface area (Å²) < 4.78 is 0. The minimum absolute atomic E-state index is 0.154. The third kappa shape index (κ3) is 6.40. The highest BCUT2D eigenvalue weighted by atomic mass is 35.5. The molecule has 1 aliphatic heterocycles. The number of halogens is 1. The molecule has 1 aliphatic rings. The van der Waals surface area contributed by atoms with Crippen molar-refractivity contribution in [3.05, 3.63) is 137 Å². The maximum Gasteiger partial charge on any atom is 0.242 e. The van der Waals surface area contributed by atoms with E-state index in [4.69, 9.17) is 11.6 Å². The number of amides is 1. The predicted molar refractivity (Wildman–Crippen MR) is 152 cm³/mol. The molecular formula is C32H32ClN3O. The van der Waals surface area contributed by atoms with Crippen LogP contribution in [0.3, 0.4) is 0 Å². The molecule has 37 heavy (non-hydrogen) atoms. The molecule has 0 saturated carbocycles. The number of hydrogen-bond acceptors (Lipinski definition) is 3. The van der Waals surface area contributed by atoms with Gasteiger partial charge in [0.05, 0.1) is 12.6 Å². The van der Waals surface area contributed by atoms with Gasteiger partial charge in [0.2, 0.25) is 5.91 Å². The minimum atomic E-state index is 0.154. The molecule has 0 atom stereocenters. The maximum atomic E-state index is 13.5. The Kier molecular flexibility index (Phi) is 8.19. The van der Waals surface area contributed by atoms with Crippen molar-refractivity contribution >= 4 is 23.2 Å². The van der Waals surface area contributed by atoms with Crippen molar-refractivity contribution in [1.29, 1.82) is 0 Å². The van der Waals surface area contributed by atoms with Gasteiger partial charge in [0.25, 0.3) is 0 Å². The zero-order valence-electron chi connectivity index (χ0n) is 20.9. The highest BCUT2D eigenvalue weighted by Crippen LogP contribution is 2.29. The fourth-order valence-corrected chi connectivity index (χ4v) is 5.20. The number of carbonyl (C=O) groups excluding carboxylic acids is 1. The van der Waals surface area contributed by atoms with Gasteiger partial charge in [-0.2, -0.15) is 0 Å². The Labute approximate surface area is 224 Å². The summed E-state index contributed by atoms with van der Waals surface area (Å²) in [6.45, 7) is 4.10. The molecule has 5 rings (SSSR count). The lowest BCUT2D eigenvalue weighted by atomic mass is 9.96. The van der Waals surface area contributed by atoms with Gasteiger partial charge in [-0.3, -0.25) is 9.69 Å². The second kappa shape index (κ2) is 12.1. The van der Waals surface area contributed by atoms with Crippen LogP contribution in [0.1, 0.15) is 22.7 Å². The third-order valence-electron chi connectivity index (χ3n) is 7.00. The average Bonchev–Trinajstić information content (AvgIpc) is 2.95. The van der Waals surface area contributed by atoms with Crippen LogP contribution in [0.15, 0.2) is 115 Å². The van der Waals surface area contributed by atoms with Gasteiger partial charge >= 0.3 is 0 Å². The van der Waals surface area contributed by atoms with E-state index in [1.54, 1.807) is 0 Å². The summed E-state index contributed by atoms with van der Waals surface area (Å²) >= 11 is 6.13. The van der Waals surface area contributed by atoms with E-state index in [9.17, 15) is 4.79 Å². The smallest absolute Gasteiger partial charge is 0.242 e. The standard InChI is InChI=1S/C32H32ClN3O/c33-29-16-18-30(19-17-29)36(24-26-10-4-1-5-11-26)25-31(37)34-20-22-35(23-21-34)32(27-12-6-2-7-13-27)28-14-8-3-9-15-28/h1-19,32H,20-25H2. The molecule has 0 radical (unpaired) electrons. The van der Waals surface area contributed by atoms with Crippen molar-refractivity contribution in [1.82, 2.24) is 9.80 Å². The Morgan fingerprint density at radius 1 is 0.703 bits per heavy atom. The maximum absolute atomic E-state index is 13.5. The molecule has 1 fully saturated rings. The number of rotatable bonds is 8. The molecule has 0 spiro atoms. The van der Waals surface area contributed by atoms with Gasteiger partial charge in [-0.15, -0.1) is 0 Å². The predicted octanol–water partition coefficient (Wildman–Crippen LogP) is 6.28. The van der Waals surface area contributed by atoms with Crippen LogP contribution >= 0.6 is 11.6 Å². The first-order valence-electron chi connectivity index (χ1n) is 12.8. The Morgan fingerprint density at radius 2 is 1.22 bits per heavy atom. The second-order valence-corrected chi connectivity index (χ2v) is 9.90. The Morgan fingerprint density at radius 3 is 1.76 bits per heavy atom. The largest absolute Gasteiger partial charge is 0.358 e. The first kappa shape index (κ1) is 25.1. The molecule has 0 aliphatic carbocycles. The molecule has 4 nitrogen and oxygen atoms in total. The van der Waals surface area contributed by atoms with Crippen molar-refractivity contribution in [3.8, 4) is 0 Å². The van der Waals surface area contributed by atoms with E-state index >= 15 is 0 Å². The van der Waals surface area contributed by atoms with E-state index in [1.807, 2.05) is 47.4 Å². The molecule has 1 saturated heterocycles. The normalized spacial score (nSPS) is 14.1. The number of benzene rings is 4. The highest BCUT2D eigenvalue weighted by Gasteiger charge is 2.28. The van der Waals surface area contributed by atoms with Gasteiger partial charge < -0.3 is 9.80 Å². The summed E-state index contributed by atoms with van der Waals surface area (Å²) in [6.07, 6.45) is 0. The van der Waals surface area contributed by atoms with Gasteiger partial charge in [-0.05, 0) is 41.0 Å². The van der Waals surface area contributed by atoms with Crippen LogP contribution in [0.5, 0.6) is 0 Å². The summed E-state index contributed by atoms with van der Waals surface area (Å²) in [6, 6.07) is 39.5. The van der Waals surface area contributed by atoms with Crippen molar-refractivity contribution in [3.63, 3.8) is 0 Å². The first-order valence-corrected chi connectivity index (χ1v) is 13.2. The summed E-state index contributed by atoms with van der Waals surface area (Å²) in [5, 5.41) is 0.692.